The minimum Gasteiger partial charge on any atom is -0.491 e. The third-order valence-corrected chi connectivity index (χ3v) is 4.37. The molecule has 0 atom stereocenters. The van der Waals surface area contributed by atoms with E-state index in [-0.39, 0.29) is 24.5 Å². The van der Waals surface area contributed by atoms with Gasteiger partial charge in [0.1, 0.15) is 11.5 Å². The number of furan rings is 1. The van der Waals surface area contributed by atoms with Crippen LogP contribution in [0.1, 0.15) is 35.5 Å². The lowest BCUT2D eigenvalue weighted by Crippen LogP contribution is -2.29. The Morgan fingerprint density at radius 1 is 0.968 bits per heavy atom. The highest BCUT2D eigenvalue weighted by molar-refractivity contribution is 5.95. The number of nitrogens with one attached hydrogen (secondary N) is 3. The molecule has 0 spiro atoms. The topological polar surface area (TPSA) is 92.6 Å². The fourth-order valence-electron chi connectivity index (χ4n) is 2.86. The van der Waals surface area contributed by atoms with E-state index >= 15 is 0 Å². The molecule has 1 heterocycles. The first kappa shape index (κ1) is 22.0. The molecule has 162 valence electrons. The number of ether oxygens (including phenoxy) is 1. The fourth-order valence-corrected chi connectivity index (χ4v) is 2.86. The van der Waals surface area contributed by atoms with Gasteiger partial charge in [0.15, 0.2) is 0 Å². The highest BCUT2D eigenvalue weighted by Crippen LogP contribution is 2.14. The first-order chi connectivity index (χ1) is 15.0. The summed E-state index contributed by atoms with van der Waals surface area (Å²) in [5.41, 5.74) is 2.18. The minimum atomic E-state index is -0.214. The molecule has 0 aliphatic heterocycles. The number of carbonyl (C=O) groups is 2. The molecule has 0 radical (unpaired) electrons. The highest BCUT2D eigenvalue weighted by atomic mass is 16.5. The Morgan fingerprint density at radius 3 is 2.48 bits per heavy atom. The molecule has 0 bridgehead atoms. The van der Waals surface area contributed by atoms with E-state index in [4.69, 9.17) is 9.15 Å². The van der Waals surface area contributed by atoms with Gasteiger partial charge in [0.25, 0.3) is 5.91 Å². The molecule has 3 aromatic rings. The van der Waals surface area contributed by atoms with Crippen LogP contribution in [0.15, 0.2) is 71.3 Å². The minimum absolute atomic E-state index is 0.103. The van der Waals surface area contributed by atoms with Crippen molar-refractivity contribution in [1.29, 1.82) is 0 Å². The first-order valence-corrected chi connectivity index (χ1v) is 10.2. The molecule has 3 rings (SSSR count). The van der Waals surface area contributed by atoms with Gasteiger partial charge in [-0.05, 0) is 61.9 Å². The van der Waals surface area contributed by atoms with Crippen LogP contribution in [0.2, 0.25) is 0 Å². The molecule has 0 aliphatic rings. The number of benzene rings is 2. The zero-order valence-electron chi connectivity index (χ0n) is 17.7. The first-order valence-electron chi connectivity index (χ1n) is 10.2. The van der Waals surface area contributed by atoms with Crippen LogP contribution >= 0.6 is 0 Å². The summed E-state index contributed by atoms with van der Waals surface area (Å²) in [5, 5.41) is 8.71. The average Bonchev–Trinajstić information content (AvgIpc) is 3.29. The monoisotopic (exact) mass is 421 g/mol. The molecule has 0 aliphatic carbocycles. The van der Waals surface area contributed by atoms with Gasteiger partial charge >= 0.3 is 0 Å². The van der Waals surface area contributed by atoms with Crippen molar-refractivity contribution >= 4 is 17.5 Å². The van der Waals surface area contributed by atoms with Crippen LogP contribution in [-0.4, -0.2) is 24.5 Å². The van der Waals surface area contributed by atoms with E-state index in [1.807, 2.05) is 44.2 Å². The van der Waals surface area contributed by atoms with Gasteiger partial charge in [-0.2, -0.15) is 0 Å². The molecule has 7 nitrogen and oxygen atoms in total. The standard InChI is InChI=1S/C24H27N3O4/c1-17(2)31-21-10-8-18(9-11-21)14-26-23(28)16-25-20-6-3-5-19(13-20)24(29)27-15-22-7-4-12-30-22/h3-13,17,25H,14-16H2,1-2H3,(H,26,28)(H,27,29). The maximum atomic E-state index is 12.3. The van der Waals surface area contributed by atoms with Crippen LogP contribution in [-0.2, 0) is 17.9 Å². The molecule has 1 aromatic heterocycles. The number of hydrogen-bond donors (Lipinski definition) is 3. The number of carbonyl (C=O) groups excluding carboxylic acids is 2. The van der Waals surface area contributed by atoms with Crippen molar-refractivity contribution < 1.29 is 18.7 Å². The predicted molar refractivity (Wildman–Crippen MR) is 119 cm³/mol. The predicted octanol–water partition coefficient (Wildman–Crippen LogP) is 3.73. The van der Waals surface area contributed by atoms with Gasteiger partial charge in [0, 0.05) is 17.8 Å². The zero-order chi connectivity index (χ0) is 22.1. The van der Waals surface area contributed by atoms with Gasteiger partial charge in [-0.15, -0.1) is 0 Å². The number of hydrogen-bond acceptors (Lipinski definition) is 5. The normalized spacial score (nSPS) is 10.5. The Kier molecular flexibility index (Phi) is 7.70. The van der Waals surface area contributed by atoms with Gasteiger partial charge in [-0.25, -0.2) is 0 Å². The Hall–Kier alpha value is -3.74. The molecule has 0 fully saturated rings. The van der Waals surface area contributed by atoms with E-state index in [2.05, 4.69) is 16.0 Å². The van der Waals surface area contributed by atoms with E-state index in [9.17, 15) is 9.59 Å². The highest BCUT2D eigenvalue weighted by Gasteiger charge is 2.08. The summed E-state index contributed by atoms with van der Waals surface area (Å²) in [6.07, 6.45) is 1.69. The zero-order valence-corrected chi connectivity index (χ0v) is 17.7. The largest absolute Gasteiger partial charge is 0.491 e. The number of amides is 2. The Bertz CT molecular complexity index is 982. The third-order valence-electron chi connectivity index (χ3n) is 4.37. The molecule has 31 heavy (non-hydrogen) atoms. The summed E-state index contributed by atoms with van der Waals surface area (Å²) < 4.78 is 10.8. The summed E-state index contributed by atoms with van der Waals surface area (Å²) in [7, 11) is 0. The Balaban J connectivity index is 1.43. The molecule has 0 saturated carbocycles. The molecular formula is C24H27N3O4. The summed E-state index contributed by atoms with van der Waals surface area (Å²) in [6.45, 7) is 4.80. The summed E-state index contributed by atoms with van der Waals surface area (Å²) in [5.74, 6) is 1.13. The van der Waals surface area contributed by atoms with Crippen molar-refractivity contribution in [3.63, 3.8) is 0 Å². The Morgan fingerprint density at radius 2 is 1.77 bits per heavy atom. The average molecular weight is 421 g/mol. The molecule has 0 unspecified atom stereocenters. The second-order valence-corrected chi connectivity index (χ2v) is 7.28. The fraction of sp³-hybridized carbons (Fsp3) is 0.250. The van der Waals surface area contributed by atoms with Crippen molar-refractivity contribution in [2.75, 3.05) is 11.9 Å². The van der Waals surface area contributed by atoms with Crippen molar-refractivity contribution in [3.8, 4) is 5.75 Å². The van der Waals surface area contributed by atoms with Crippen molar-refractivity contribution in [2.24, 2.45) is 0 Å². The molecule has 7 heteroatoms. The second kappa shape index (κ2) is 10.9. The smallest absolute Gasteiger partial charge is 0.251 e. The maximum absolute atomic E-state index is 12.3. The lowest BCUT2D eigenvalue weighted by atomic mass is 10.2. The lowest BCUT2D eigenvalue weighted by Gasteiger charge is -2.11. The SMILES string of the molecule is CC(C)Oc1ccc(CNC(=O)CNc2cccc(C(=O)NCc3ccco3)c2)cc1. The van der Waals surface area contributed by atoms with Crippen LogP contribution in [0.5, 0.6) is 5.75 Å². The van der Waals surface area contributed by atoms with Crippen LogP contribution in [0.4, 0.5) is 5.69 Å². The van der Waals surface area contributed by atoms with Crippen molar-refractivity contribution in [2.45, 2.75) is 33.0 Å². The van der Waals surface area contributed by atoms with Gasteiger partial charge in [-0.1, -0.05) is 18.2 Å². The van der Waals surface area contributed by atoms with E-state index < -0.39 is 0 Å². The van der Waals surface area contributed by atoms with E-state index in [1.54, 1.807) is 36.6 Å². The van der Waals surface area contributed by atoms with Crippen LogP contribution in [0.25, 0.3) is 0 Å². The molecule has 2 amide bonds. The number of rotatable bonds is 10. The van der Waals surface area contributed by atoms with Gasteiger partial charge in [0.2, 0.25) is 5.91 Å². The summed E-state index contributed by atoms with van der Waals surface area (Å²) >= 11 is 0. The second-order valence-electron chi connectivity index (χ2n) is 7.28. The van der Waals surface area contributed by atoms with Gasteiger partial charge in [0.05, 0.1) is 25.5 Å². The van der Waals surface area contributed by atoms with E-state index in [0.717, 1.165) is 11.3 Å². The van der Waals surface area contributed by atoms with Crippen molar-refractivity contribution in [1.82, 2.24) is 10.6 Å². The lowest BCUT2D eigenvalue weighted by molar-refractivity contribution is -0.119. The van der Waals surface area contributed by atoms with Gasteiger partial charge in [-0.3, -0.25) is 9.59 Å². The molecule has 2 aromatic carbocycles. The summed E-state index contributed by atoms with van der Waals surface area (Å²) in [6, 6.07) is 18.2. The van der Waals surface area contributed by atoms with E-state index in [0.29, 0.717) is 30.1 Å². The third kappa shape index (κ3) is 7.22. The quantitative estimate of drug-likeness (QED) is 0.464. The maximum Gasteiger partial charge on any atom is 0.251 e. The van der Waals surface area contributed by atoms with Gasteiger partial charge < -0.3 is 25.1 Å². The van der Waals surface area contributed by atoms with Crippen LogP contribution in [0, 0.1) is 0 Å². The van der Waals surface area contributed by atoms with Crippen LogP contribution in [0.3, 0.4) is 0 Å². The molecular weight excluding hydrogens is 394 g/mol. The molecule has 3 N–H and O–H groups in total. The van der Waals surface area contributed by atoms with Crippen LogP contribution < -0.4 is 20.7 Å². The number of anilines is 1. The molecule has 0 saturated heterocycles. The summed E-state index contributed by atoms with van der Waals surface area (Å²) in [4.78, 5) is 24.5. The van der Waals surface area contributed by atoms with Crippen molar-refractivity contribution in [3.05, 3.63) is 83.8 Å². The van der Waals surface area contributed by atoms with E-state index in [1.165, 1.54) is 0 Å². The Labute approximate surface area is 181 Å².